The first kappa shape index (κ1) is 20.8. The summed E-state index contributed by atoms with van der Waals surface area (Å²) in [4.78, 5) is 10.4. The number of hydrogen-bond donors (Lipinski definition) is 0. The van der Waals surface area contributed by atoms with E-state index in [0.29, 0.717) is 11.6 Å². The molecule has 0 aliphatic carbocycles. The van der Waals surface area contributed by atoms with E-state index in [0.717, 1.165) is 17.9 Å². The van der Waals surface area contributed by atoms with Crippen LogP contribution in [-0.4, -0.2) is 5.78 Å². The smallest absolute Gasteiger partial charge is 0.194 e. The molecular weight excluding hydrogens is 316 g/mol. The maximum atomic E-state index is 10.4. The SMILES string of the molecule is C.CC(=O)c1ccco1.CCc1ccco1.ClCc1ccco1. The summed E-state index contributed by atoms with van der Waals surface area (Å²) >= 11 is 5.37. The Morgan fingerprint density at radius 1 is 0.957 bits per heavy atom. The second-order valence-electron chi connectivity index (χ2n) is 4.18. The molecule has 5 heteroatoms. The van der Waals surface area contributed by atoms with Crippen LogP contribution in [-0.2, 0) is 12.3 Å². The molecule has 0 amide bonds. The van der Waals surface area contributed by atoms with Crippen molar-refractivity contribution in [2.24, 2.45) is 0 Å². The average molecular weight is 339 g/mol. The van der Waals surface area contributed by atoms with Gasteiger partial charge in [-0.15, -0.1) is 11.6 Å². The maximum Gasteiger partial charge on any atom is 0.194 e. The second kappa shape index (κ2) is 12.4. The van der Waals surface area contributed by atoms with Gasteiger partial charge in [-0.2, -0.15) is 0 Å². The minimum Gasteiger partial charge on any atom is -0.469 e. The van der Waals surface area contributed by atoms with Crippen LogP contribution in [0.25, 0.3) is 0 Å². The predicted molar refractivity (Wildman–Crippen MR) is 91.8 cm³/mol. The summed E-state index contributed by atoms with van der Waals surface area (Å²) in [6.45, 7) is 3.54. The van der Waals surface area contributed by atoms with Crippen LogP contribution in [0, 0.1) is 0 Å². The Morgan fingerprint density at radius 2 is 1.48 bits per heavy atom. The molecule has 3 heterocycles. The fraction of sp³-hybridized carbons (Fsp3) is 0.278. The highest BCUT2D eigenvalue weighted by atomic mass is 35.5. The van der Waals surface area contributed by atoms with E-state index in [-0.39, 0.29) is 13.2 Å². The molecule has 3 aromatic heterocycles. The molecule has 0 aliphatic heterocycles. The Balaban J connectivity index is 0.000000310. The zero-order chi connectivity index (χ0) is 16.2. The molecule has 3 rings (SSSR count). The molecule has 3 aromatic rings. The van der Waals surface area contributed by atoms with Crippen LogP contribution in [0.2, 0.25) is 0 Å². The van der Waals surface area contributed by atoms with Crippen LogP contribution < -0.4 is 0 Å². The van der Waals surface area contributed by atoms with Crippen molar-refractivity contribution in [2.75, 3.05) is 0 Å². The molecule has 0 bridgehead atoms. The molecule has 0 radical (unpaired) electrons. The summed E-state index contributed by atoms with van der Waals surface area (Å²) in [6.07, 6.45) is 5.78. The van der Waals surface area contributed by atoms with Crippen molar-refractivity contribution < 1.29 is 18.0 Å². The Bertz CT molecular complexity index is 561. The van der Waals surface area contributed by atoms with Crippen molar-refractivity contribution in [3.05, 3.63) is 72.5 Å². The van der Waals surface area contributed by atoms with Crippen LogP contribution >= 0.6 is 11.6 Å². The van der Waals surface area contributed by atoms with Crippen LogP contribution in [0.3, 0.4) is 0 Å². The molecular formula is C18H23ClO4. The van der Waals surface area contributed by atoms with Crippen LogP contribution in [0.1, 0.15) is 43.3 Å². The van der Waals surface area contributed by atoms with Gasteiger partial charge in [0.2, 0.25) is 0 Å². The van der Waals surface area contributed by atoms with Gasteiger partial charge in [-0.25, -0.2) is 0 Å². The van der Waals surface area contributed by atoms with Gasteiger partial charge >= 0.3 is 0 Å². The summed E-state index contributed by atoms with van der Waals surface area (Å²) < 4.78 is 14.6. The third-order valence-corrected chi connectivity index (χ3v) is 2.77. The molecule has 0 aliphatic rings. The lowest BCUT2D eigenvalue weighted by Gasteiger charge is -1.80. The van der Waals surface area contributed by atoms with E-state index in [9.17, 15) is 4.79 Å². The first-order valence-corrected chi connectivity index (χ1v) is 7.36. The first-order chi connectivity index (χ1) is 10.7. The number of carbonyl (C=O) groups is 1. The van der Waals surface area contributed by atoms with Crippen molar-refractivity contribution in [3.63, 3.8) is 0 Å². The Hall–Kier alpha value is -2.20. The topological polar surface area (TPSA) is 56.5 Å². The van der Waals surface area contributed by atoms with E-state index >= 15 is 0 Å². The monoisotopic (exact) mass is 338 g/mol. The van der Waals surface area contributed by atoms with Crippen LogP contribution in [0.4, 0.5) is 0 Å². The largest absolute Gasteiger partial charge is 0.469 e. The van der Waals surface area contributed by atoms with Gasteiger partial charge < -0.3 is 13.3 Å². The second-order valence-corrected chi connectivity index (χ2v) is 4.45. The number of ketones is 1. The third kappa shape index (κ3) is 8.73. The van der Waals surface area contributed by atoms with Gasteiger partial charge in [0.05, 0.1) is 24.7 Å². The van der Waals surface area contributed by atoms with Crippen molar-refractivity contribution in [1.82, 2.24) is 0 Å². The lowest BCUT2D eigenvalue weighted by atomic mass is 10.3. The molecule has 0 fully saturated rings. The molecule has 0 saturated carbocycles. The van der Waals surface area contributed by atoms with E-state index in [1.54, 1.807) is 24.7 Å². The highest BCUT2D eigenvalue weighted by Gasteiger charge is 1.97. The van der Waals surface area contributed by atoms with Gasteiger partial charge in [0, 0.05) is 13.3 Å². The normalized spacial score (nSPS) is 8.83. The summed E-state index contributed by atoms with van der Waals surface area (Å²) in [5.74, 6) is 2.73. The molecule has 0 spiro atoms. The molecule has 4 nitrogen and oxygen atoms in total. The third-order valence-electron chi connectivity index (χ3n) is 2.51. The van der Waals surface area contributed by atoms with E-state index < -0.39 is 0 Å². The maximum absolute atomic E-state index is 10.4. The Morgan fingerprint density at radius 3 is 1.70 bits per heavy atom. The quantitative estimate of drug-likeness (QED) is 0.435. The van der Waals surface area contributed by atoms with Crippen molar-refractivity contribution in [2.45, 2.75) is 33.6 Å². The lowest BCUT2D eigenvalue weighted by Crippen LogP contribution is -1.85. The first-order valence-electron chi connectivity index (χ1n) is 6.82. The van der Waals surface area contributed by atoms with E-state index in [1.165, 1.54) is 13.2 Å². The van der Waals surface area contributed by atoms with Gasteiger partial charge in [0.25, 0.3) is 0 Å². The van der Waals surface area contributed by atoms with E-state index in [2.05, 4.69) is 6.92 Å². The lowest BCUT2D eigenvalue weighted by molar-refractivity contribution is 0.0987. The molecule has 0 atom stereocenters. The minimum atomic E-state index is -0.0324. The number of Topliss-reactive ketones (excluding diaryl/α,β-unsaturated/α-hetero) is 1. The molecule has 0 aromatic carbocycles. The molecule has 23 heavy (non-hydrogen) atoms. The molecule has 0 unspecified atom stereocenters. The zero-order valence-electron chi connectivity index (χ0n) is 12.6. The number of alkyl halides is 1. The fourth-order valence-corrected chi connectivity index (χ4v) is 1.53. The summed E-state index contributed by atoms with van der Waals surface area (Å²) in [7, 11) is 0. The van der Waals surface area contributed by atoms with E-state index in [4.69, 9.17) is 24.9 Å². The van der Waals surface area contributed by atoms with E-state index in [1.807, 2.05) is 24.3 Å². The molecule has 0 N–H and O–H groups in total. The standard InChI is InChI=1S/C6H6O2.C6H8O.C5H5ClO.CH4/c1-5(7)6-3-2-4-8-6;1-2-6-4-3-5-7-6;6-4-5-2-1-3-7-5;/h2-4H,1H3;3-5H,2H2,1H3;1-3H,4H2;1H4. The average Bonchev–Trinajstić information content (AvgIpc) is 3.31. The van der Waals surface area contributed by atoms with Gasteiger partial charge in [0.15, 0.2) is 11.5 Å². The van der Waals surface area contributed by atoms with Gasteiger partial charge in [-0.3, -0.25) is 4.79 Å². The van der Waals surface area contributed by atoms with Crippen molar-refractivity contribution in [1.29, 1.82) is 0 Å². The minimum absolute atomic E-state index is 0. The summed E-state index contributed by atoms with van der Waals surface area (Å²) in [5, 5.41) is 0. The number of furan rings is 3. The number of aryl methyl sites for hydroxylation is 1. The Kier molecular flexibility index (Phi) is 11.2. The zero-order valence-corrected chi connectivity index (χ0v) is 13.4. The molecule has 0 saturated heterocycles. The van der Waals surface area contributed by atoms with Crippen LogP contribution in [0.5, 0.6) is 0 Å². The van der Waals surface area contributed by atoms with Gasteiger partial charge in [-0.1, -0.05) is 14.4 Å². The number of carbonyl (C=O) groups excluding carboxylic acids is 1. The number of rotatable bonds is 3. The Labute approximate surface area is 142 Å². The van der Waals surface area contributed by atoms with Crippen LogP contribution in [0.15, 0.2) is 68.4 Å². The van der Waals surface area contributed by atoms with Gasteiger partial charge in [0.1, 0.15) is 11.5 Å². The molecule has 126 valence electrons. The van der Waals surface area contributed by atoms with Crippen molar-refractivity contribution in [3.8, 4) is 0 Å². The highest BCUT2D eigenvalue weighted by Crippen LogP contribution is 2.02. The number of hydrogen-bond acceptors (Lipinski definition) is 4. The van der Waals surface area contributed by atoms with Crippen molar-refractivity contribution >= 4 is 17.4 Å². The number of halogens is 1. The van der Waals surface area contributed by atoms with Gasteiger partial charge in [-0.05, 0) is 36.4 Å². The highest BCUT2D eigenvalue weighted by molar-refractivity contribution is 6.16. The predicted octanol–water partition coefficient (Wildman–Crippen LogP) is 5.98. The summed E-state index contributed by atoms with van der Waals surface area (Å²) in [5.41, 5.74) is 0. The fourth-order valence-electron chi connectivity index (χ4n) is 1.38. The summed E-state index contributed by atoms with van der Waals surface area (Å²) in [6, 6.07) is 10.9.